The lowest BCUT2D eigenvalue weighted by molar-refractivity contribution is -0.140. The molecule has 1 aliphatic heterocycles. The Labute approximate surface area is 131 Å². The van der Waals surface area contributed by atoms with Gasteiger partial charge in [0.15, 0.2) is 0 Å². The quantitative estimate of drug-likeness (QED) is 0.557. The SMILES string of the molecule is C=CCOCC1CCCN1C(=O)N[C@H](C(=O)O)C1CCCC1. The van der Waals surface area contributed by atoms with Crippen LogP contribution in [-0.4, -0.2) is 53.8 Å². The van der Waals surface area contributed by atoms with Crippen LogP contribution in [0.4, 0.5) is 4.79 Å². The maximum absolute atomic E-state index is 12.4. The number of carboxylic acids is 1. The van der Waals surface area contributed by atoms with Gasteiger partial charge in [-0.2, -0.15) is 0 Å². The molecule has 2 amide bonds. The third kappa shape index (κ3) is 4.22. The highest BCUT2D eigenvalue weighted by atomic mass is 16.5. The van der Waals surface area contributed by atoms with Crippen molar-refractivity contribution in [1.82, 2.24) is 10.2 Å². The number of urea groups is 1. The van der Waals surface area contributed by atoms with E-state index in [4.69, 9.17) is 4.74 Å². The summed E-state index contributed by atoms with van der Waals surface area (Å²) in [5.74, 6) is -0.876. The number of rotatable bonds is 7. The molecule has 1 saturated heterocycles. The Morgan fingerprint density at radius 1 is 1.32 bits per heavy atom. The van der Waals surface area contributed by atoms with Gasteiger partial charge in [-0.05, 0) is 31.6 Å². The van der Waals surface area contributed by atoms with Crippen molar-refractivity contribution in [3.8, 4) is 0 Å². The lowest BCUT2D eigenvalue weighted by Crippen LogP contribution is -2.52. The molecular formula is C16H26N2O4. The van der Waals surface area contributed by atoms with Crippen LogP contribution < -0.4 is 5.32 Å². The van der Waals surface area contributed by atoms with Crippen molar-refractivity contribution in [3.63, 3.8) is 0 Å². The van der Waals surface area contributed by atoms with Gasteiger partial charge in [-0.3, -0.25) is 0 Å². The molecule has 6 heteroatoms. The Hall–Kier alpha value is -1.56. The monoisotopic (exact) mass is 310 g/mol. The second-order valence-electron chi connectivity index (χ2n) is 6.13. The molecule has 6 nitrogen and oxygen atoms in total. The van der Waals surface area contributed by atoms with Crippen LogP contribution in [0.1, 0.15) is 38.5 Å². The van der Waals surface area contributed by atoms with Crippen LogP contribution in [0, 0.1) is 5.92 Å². The van der Waals surface area contributed by atoms with E-state index in [1.165, 1.54) is 0 Å². The molecule has 124 valence electrons. The average Bonchev–Trinajstić information content (AvgIpc) is 3.15. The van der Waals surface area contributed by atoms with Gasteiger partial charge >= 0.3 is 12.0 Å². The van der Waals surface area contributed by atoms with Crippen molar-refractivity contribution in [2.75, 3.05) is 19.8 Å². The molecule has 2 atom stereocenters. The molecular weight excluding hydrogens is 284 g/mol. The van der Waals surface area contributed by atoms with Crippen LogP contribution in [0.5, 0.6) is 0 Å². The zero-order chi connectivity index (χ0) is 15.9. The number of hydrogen-bond donors (Lipinski definition) is 2. The molecule has 2 N–H and O–H groups in total. The summed E-state index contributed by atoms with van der Waals surface area (Å²) in [6.45, 7) is 5.19. The minimum atomic E-state index is -0.932. The standard InChI is InChI=1S/C16H26N2O4/c1-2-10-22-11-13-8-5-9-18(13)16(21)17-14(15(19)20)12-6-3-4-7-12/h2,12-14H,1,3-11H2,(H,17,21)(H,19,20)/t13?,14-/m0/s1. The predicted molar refractivity (Wildman–Crippen MR) is 82.7 cm³/mol. The summed E-state index contributed by atoms with van der Waals surface area (Å²) in [4.78, 5) is 25.6. The summed E-state index contributed by atoms with van der Waals surface area (Å²) in [5.41, 5.74) is 0. The first-order valence-electron chi connectivity index (χ1n) is 8.12. The van der Waals surface area contributed by atoms with Gasteiger partial charge in [-0.25, -0.2) is 9.59 Å². The fraction of sp³-hybridized carbons (Fsp3) is 0.750. The Bertz CT molecular complexity index is 407. The lowest BCUT2D eigenvalue weighted by Gasteiger charge is -2.28. The number of carboxylic acid groups (broad SMARTS) is 1. The van der Waals surface area contributed by atoms with Crippen molar-refractivity contribution < 1.29 is 19.4 Å². The van der Waals surface area contributed by atoms with E-state index in [1.54, 1.807) is 11.0 Å². The zero-order valence-corrected chi connectivity index (χ0v) is 13.0. The second kappa shape index (κ2) is 8.17. The van der Waals surface area contributed by atoms with Gasteiger partial charge in [0.05, 0.1) is 19.3 Å². The molecule has 0 radical (unpaired) electrons. The maximum atomic E-state index is 12.4. The normalized spacial score (nSPS) is 23.5. The second-order valence-corrected chi connectivity index (χ2v) is 6.13. The van der Waals surface area contributed by atoms with Gasteiger partial charge in [-0.15, -0.1) is 6.58 Å². The Balaban J connectivity index is 1.90. The van der Waals surface area contributed by atoms with Crippen LogP contribution in [0.3, 0.4) is 0 Å². The Morgan fingerprint density at radius 2 is 2.05 bits per heavy atom. The molecule has 2 aliphatic rings. The van der Waals surface area contributed by atoms with E-state index in [2.05, 4.69) is 11.9 Å². The summed E-state index contributed by atoms with van der Waals surface area (Å²) in [6, 6.07) is -1.02. The molecule has 1 heterocycles. The molecule has 1 unspecified atom stereocenters. The highest BCUT2D eigenvalue weighted by Gasteiger charge is 2.35. The lowest BCUT2D eigenvalue weighted by atomic mass is 9.98. The van der Waals surface area contributed by atoms with Gasteiger partial charge in [0.25, 0.3) is 0 Å². The van der Waals surface area contributed by atoms with E-state index in [-0.39, 0.29) is 18.0 Å². The number of carbonyl (C=O) groups excluding carboxylic acids is 1. The van der Waals surface area contributed by atoms with Crippen molar-refractivity contribution in [1.29, 1.82) is 0 Å². The zero-order valence-electron chi connectivity index (χ0n) is 13.0. The van der Waals surface area contributed by atoms with Crippen molar-refractivity contribution in [2.45, 2.75) is 50.6 Å². The van der Waals surface area contributed by atoms with Crippen LogP contribution in [0.2, 0.25) is 0 Å². The molecule has 2 rings (SSSR count). The van der Waals surface area contributed by atoms with Gasteiger partial charge in [-0.1, -0.05) is 18.9 Å². The highest BCUT2D eigenvalue weighted by molar-refractivity contribution is 5.83. The highest BCUT2D eigenvalue weighted by Crippen LogP contribution is 2.28. The smallest absolute Gasteiger partial charge is 0.326 e. The van der Waals surface area contributed by atoms with E-state index in [0.717, 1.165) is 38.5 Å². The van der Waals surface area contributed by atoms with Crippen LogP contribution >= 0.6 is 0 Å². The van der Waals surface area contributed by atoms with E-state index in [0.29, 0.717) is 19.8 Å². The molecule has 0 aromatic heterocycles. The predicted octanol–water partition coefficient (Wildman–Crippen LogP) is 2.01. The molecule has 0 aromatic carbocycles. The number of likely N-dealkylation sites (tertiary alicyclic amines) is 1. The first kappa shape index (κ1) is 16.8. The molecule has 1 aliphatic carbocycles. The molecule has 0 spiro atoms. The van der Waals surface area contributed by atoms with Crippen molar-refractivity contribution >= 4 is 12.0 Å². The number of hydrogen-bond acceptors (Lipinski definition) is 3. The van der Waals surface area contributed by atoms with Gasteiger partial charge in [0.2, 0.25) is 0 Å². The Kier molecular flexibility index (Phi) is 6.24. The van der Waals surface area contributed by atoms with E-state index in [1.807, 2.05) is 0 Å². The minimum Gasteiger partial charge on any atom is -0.480 e. The average molecular weight is 310 g/mol. The van der Waals surface area contributed by atoms with Crippen LogP contribution in [0.15, 0.2) is 12.7 Å². The topological polar surface area (TPSA) is 78.9 Å². The van der Waals surface area contributed by atoms with Gasteiger partial charge < -0.3 is 20.1 Å². The van der Waals surface area contributed by atoms with Gasteiger partial charge in [0.1, 0.15) is 6.04 Å². The maximum Gasteiger partial charge on any atom is 0.326 e. The number of ether oxygens (including phenoxy) is 1. The summed E-state index contributed by atoms with van der Waals surface area (Å²) >= 11 is 0. The van der Waals surface area contributed by atoms with E-state index < -0.39 is 12.0 Å². The summed E-state index contributed by atoms with van der Waals surface area (Å²) < 4.78 is 5.44. The minimum absolute atomic E-state index is 0.0259. The Morgan fingerprint density at radius 3 is 2.68 bits per heavy atom. The fourth-order valence-corrected chi connectivity index (χ4v) is 3.45. The van der Waals surface area contributed by atoms with Crippen LogP contribution in [-0.2, 0) is 9.53 Å². The first-order chi connectivity index (χ1) is 10.6. The number of aliphatic carboxylic acids is 1. The number of nitrogens with one attached hydrogen (secondary N) is 1. The summed E-state index contributed by atoms with van der Waals surface area (Å²) in [6.07, 6.45) is 7.35. The molecule has 2 fully saturated rings. The number of amides is 2. The third-order valence-corrected chi connectivity index (χ3v) is 4.60. The van der Waals surface area contributed by atoms with Gasteiger partial charge in [0, 0.05) is 6.54 Å². The molecule has 0 bridgehead atoms. The first-order valence-corrected chi connectivity index (χ1v) is 8.12. The molecule has 0 aromatic rings. The molecule has 22 heavy (non-hydrogen) atoms. The van der Waals surface area contributed by atoms with Crippen LogP contribution in [0.25, 0.3) is 0 Å². The largest absolute Gasteiger partial charge is 0.480 e. The van der Waals surface area contributed by atoms with Crippen molar-refractivity contribution in [3.05, 3.63) is 12.7 Å². The van der Waals surface area contributed by atoms with E-state index >= 15 is 0 Å². The summed E-state index contributed by atoms with van der Waals surface area (Å²) in [7, 11) is 0. The molecule has 1 saturated carbocycles. The number of nitrogens with zero attached hydrogens (tertiary/aromatic N) is 1. The van der Waals surface area contributed by atoms with Crippen molar-refractivity contribution in [2.24, 2.45) is 5.92 Å². The fourth-order valence-electron chi connectivity index (χ4n) is 3.45. The van der Waals surface area contributed by atoms with E-state index in [9.17, 15) is 14.7 Å². The summed E-state index contributed by atoms with van der Waals surface area (Å²) in [5, 5.41) is 12.1. The number of carbonyl (C=O) groups is 2. The third-order valence-electron chi connectivity index (χ3n) is 4.60.